The van der Waals surface area contributed by atoms with Crippen molar-refractivity contribution in [1.29, 1.82) is 0 Å². The van der Waals surface area contributed by atoms with Gasteiger partial charge in [0.1, 0.15) is 4.90 Å². The highest BCUT2D eigenvalue weighted by Gasteiger charge is 2.28. The molecule has 0 aliphatic carbocycles. The number of benzene rings is 2. The molecule has 0 amide bonds. The number of nitro groups is 2. The summed E-state index contributed by atoms with van der Waals surface area (Å²) in [7, 11) is -4.09. The van der Waals surface area contributed by atoms with Crippen LogP contribution in [0.4, 0.5) is 17.1 Å². The van der Waals surface area contributed by atoms with E-state index in [2.05, 4.69) is 4.85 Å². The quantitative estimate of drug-likeness (QED) is 0.465. The zero-order valence-corrected chi connectivity index (χ0v) is 12.8. The van der Waals surface area contributed by atoms with Crippen molar-refractivity contribution in [2.75, 3.05) is 0 Å². The van der Waals surface area contributed by atoms with Crippen molar-refractivity contribution in [2.45, 2.75) is 10.6 Å². The van der Waals surface area contributed by atoms with Crippen molar-refractivity contribution in [1.82, 2.24) is 0 Å². The van der Waals surface area contributed by atoms with E-state index in [1.54, 1.807) is 0 Å². The number of rotatable bonds is 5. The molecule has 0 spiro atoms. The summed E-state index contributed by atoms with van der Waals surface area (Å²) in [6, 6.07) is 8.12. The molecule has 0 N–H and O–H groups in total. The molecule has 0 aromatic heterocycles. The average molecular weight is 347 g/mol. The van der Waals surface area contributed by atoms with Gasteiger partial charge >= 0.3 is 0 Å². The molecule has 0 unspecified atom stereocenters. The first-order valence-corrected chi connectivity index (χ1v) is 8.02. The van der Waals surface area contributed by atoms with Crippen LogP contribution in [-0.4, -0.2) is 18.3 Å². The molecule has 9 nitrogen and oxygen atoms in total. The fraction of sp³-hybridized carbons (Fsp3) is 0.0714. The number of hydrogen-bond donors (Lipinski definition) is 0. The molecule has 0 aliphatic rings. The van der Waals surface area contributed by atoms with Crippen LogP contribution in [0.1, 0.15) is 5.56 Å². The average Bonchev–Trinajstić information content (AvgIpc) is 2.54. The first-order chi connectivity index (χ1) is 11.2. The van der Waals surface area contributed by atoms with Gasteiger partial charge in [-0.2, -0.15) is 0 Å². The Morgan fingerprint density at radius 3 is 2.12 bits per heavy atom. The molecular weight excluding hydrogens is 338 g/mol. The Bertz CT molecular complexity index is 961. The zero-order valence-electron chi connectivity index (χ0n) is 11.9. The van der Waals surface area contributed by atoms with Crippen molar-refractivity contribution in [3.8, 4) is 0 Å². The van der Waals surface area contributed by atoms with Gasteiger partial charge < -0.3 is 0 Å². The summed E-state index contributed by atoms with van der Waals surface area (Å²) in [6.07, 6.45) is 0. The lowest BCUT2D eigenvalue weighted by Gasteiger charge is -2.06. The highest BCUT2D eigenvalue weighted by atomic mass is 32.2. The van der Waals surface area contributed by atoms with Crippen LogP contribution >= 0.6 is 0 Å². The van der Waals surface area contributed by atoms with Gasteiger partial charge in [-0.25, -0.2) is 13.3 Å². The Morgan fingerprint density at radius 1 is 1.00 bits per heavy atom. The van der Waals surface area contributed by atoms with E-state index in [1.807, 2.05) is 0 Å². The van der Waals surface area contributed by atoms with Crippen LogP contribution in [0.5, 0.6) is 0 Å². The summed E-state index contributed by atoms with van der Waals surface area (Å²) in [6.45, 7) is 6.84. The van der Waals surface area contributed by atoms with Gasteiger partial charge in [-0.3, -0.25) is 20.2 Å². The summed E-state index contributed by atoms with van der Waals surface area (Å²) in [5, 5.41) is 21.8. The first kappa shape index (κ1) is 17.0. The molecular formula is C14H9N3O6S. The summed E-state index contributed by atoms with van der Waals surface area (Å²) >= 11 is 0. The summed E-state index contributed by atoms with van der Waals surface area (Å²) in [5.41, 5.74) is -0.739. The molecule has 0 heterocycles. The number of non-ortho nitro benzene ring substituents is 1. The van der Waals surface area contributed by atoms with E-state index in [4.69, 9.17) is 6.57 Å². The van der Waals surface area contributed by atoms with E-state index in [-0.39, 0.29) is 0 Å². The molecule has 0 saturated heterocycles. The first-order valence-electron chi connectivity index (χ1n) is 6.36. The third-order valence-electron chi connectivity index (χ3n) is 3.11. The van der Waals surface area contributed by atoms with Crippen LogP contribution in [-0.2, 0) is 15.6 Å². The van der Waals surface area contributed by atoms with Crippen molar-refractivity contribution in [3.05, 3.63) is 79.7 Å². The maximum absolute atomic E-state index is 12.4. The van der Waals surface area contributed by atoms with E-state index in [0.29, 0.717) is 17.3 Å². The van der Waals surface area contributed by atoms with Gasteiger partial charge in [-0.1, -0.05) is 24.3 Å². The molecule has 0 aliphatic heterocycles. The van der Waals surface area contributed by atoms with Gasteiger partial charge in [0.2, 0.25) is 0 Å². The molecule has 0 bridgehead atoms. The van der Waals surface area contributed by atoms with Crippen molar-refractivity contribution < 1.29 is 18.3 Å². The Morgan fingerprint density at radius 2 is 1.62 bits per heavy atom. The minimum absolute atomic E-state index is 0.331. The predicted molar refractivity (Wildman–Crippen MR) is 83.3 cm³/mol. The van der Waals surface area contributed by atoms with Gasteiger partial charge in [-0.05, 0) is 11.6 Å². The number of hydrogen-bond acceptors (Lipinski definition) is 6. The molecule has 0 fully saturated rings. The Kier molecular flexibility index (Phi) is 4.57. The van der Waals surface area contributed by atoms with Crippen LogP contribution in [0.2, 0.25) is 0 Å². The van der Waals surface area contributed by atoms with Gasteiger partial charge in [0.25, 0.3) is 11.4 Å². The van der Waals surface area contributed by atoms with Crippen molar-refractivity contribution >= 4 is 26.9 Å². The topological polar surface area (TPSA) is 125 Å². The summed E-state index contributed by atoms with van der Waals surface area (Å²) in [4.78, 5) is 22.5. The Labute approximate surface area is 136 Å². The normalized spacial score (nSPS) is 10.8. The van der Waals surface area contributed by atoms with Crippen molar-refractivity contribution in [2.24, 2.45) is 0 Å². The van der Waals surface area contributed by atoms with E-state index in [0.717, 1.165) is 12.1 Å². The van der Waals surface area contributed by atoms with E-state index in [1.165, 1.54) is 24.3 Å². The number of nitrogens with zero attached hydrogens (tertiary/aromatic N) is 3. The third kappa shape index (κ3) is 3.53. The fourth-order valence-electron chi connectivity index (χ4n) is 1.99. The second-order valence-corrected chi connectivity index (χ2v) is 6.66. The lowest BCUT2D eigenvalue weighted by atomic mass is 10.2. The number of sulfone groups is 1. The summed E-state index contributed by atoms with van der Waals surface area (Å²) < 4.78 is 24.9. The van der Waals surface area contributed by atoms with E-state index < -0.39 is 41.7 Å². The Hall–Kier alpha value is -3.32. The minimum Gasteiger partial charge on any atom is -0.258 e. The van der Waals surface area contributed by atoms with Gasteiger partial charge in [-0.15, -0.1) is 0 Å². The van der Waals surface area contributed by atoms with Gasteiger partial charge in [0, 0.05) is 6.07 Å². The molecule has 2 rings (SSSR count). The van der Waals surface area contributed by atoms with E-state index in [9.17, 15) is 28.6 Å². The molecule has 122 valence electrons. The second kappa shape index (κ2) is 6.43. The van der Waals surface area contributed by atoms with E-state index >= 15 is 0 Å². The summed E-state index contributed by atoms with van der Waals surface area (Å²) in [5.74, 6) is -0.524. The molecule has 0 radical (unpaired) electrons. The Balaban J connectivity index is 2.46. The maximum atomic E-state index is 12.4. The van der Waals surface area contributed by atoms with Crippen LogP contribution in [0.15, 0.2) is 47.4 Å². The fourth-order valence-corrected chi connectivity index (χ4v) is 3.50. The highest BCUT2D eigenvalue weighted by molar-refractivity contribution is 7.90. The SMILES string of the molecule is [C-]#[N+]c1ccc(CS(=O)(=O)c2ccc([N+](=O)[O-])cc2[N+](=O)[O-])cc1. The van der Waals surface area contributed by atoms with Crippen LogP contribution in [0, 0.1) is 26.8 Å². The molecule has 0 saturated carbocycles. The maximum Gasteiger partial charge on any atom is 0.294 e. The monoisotopic (exact) mass is 347 g/mol. The minimum atomic E-state index is -4.09. The van der Waals surface area contributed by atoms with Crippen molar-refractivity contribution in [3.63, 3.8) is 0 Å². The molecule has 2 aromatic rings. The lowest BCUT2D eigenvalue weighted by molar-refractivity contribution is -0.396. The second-order valence-electron chi connectivity index (χ2n) is 4.70. The molecule has 24 heavy (non-hydrogen) atoms. The molecule has 10 heteroatoms. The highest BCUT2D eigenvalue weighted by Crippen LogP contribution is 2.30. The molecule has 2 aromatic carbocycles. The van der Waals surface area contributed by atoms with Crippen LogP contribution in [0.3, 0.4) is 0 Å². The zero-order chi connectivity index (χ0) is 17.9. The van der Waals surface area contributed by atoms with Gasteiger partial charge in [0.15, 0.2) is 15.5 Å². The lowest BCUT2D eigenvalue weighted by Crippen LogP contribution is -2.08. The van der Waals surface area contributed by atoms with Gasteiger partial charge in [0.05, 0.1) is 28.2 Å². The number of nitro benzene ring substituents is 2. The smallest absolute Gasteiger partial charge is 0.258 e. The van der Waals surface area contributed by atoms with Crippen LogP contribution in [0.25, 0.3) is 4.85 Å². The predicted octanol–water partition coefficient (Wildman–Crippen LogP) is 3.03. The van der Waals surface area contributed by atoms with Crippen LogP contribution < -0.4 is 0 Å². The largest absolute Gasteiger partial charge is 0.294 e. The standard InChI is InChI=1S/C14H9N3O6S/c1-15-11-4-2-10(3-5-11)9-24(22,23)14-7-6-12(16(18)19)8-13(14)17(20)21/h2-8H,9H2. The third-order valence-corrected chi connectivity index (χ3v) is 4.84. The molecule has 0 atom stereocenters.